The summed E-state index contributed by atoms with van der Waals surface area (Å²) in [6, 6.07) is 4.83. The SMILES string of the molecule is FC(F)(F)c1nn2cc(-c3ccc(Cl)cc3Cl)nc2s1. The molecule has 3 nitrogen and oxygen atoms in total. The molecule has 0 aliphatic rings. The predicted octanol–water partition coefficient (Wildman–Crippen LogP) is 4.78. The Balaban J connectivity index is 2.08. The Morgan fingerprint density at radius 2 is 1.95 bits per heavy atom. The van der Waals surface area contributed by atoms with E-state index in [4.69, 9.17) is 23.2 Å². The van der Waals surface area contributed by atoms with Crippen LogP contribution in [0.3, 0.4) is 0 Å². The van der Waals surface area contributed by atoms with Gasteiger partial charge in [0, 0.05) is 10.6 Å². The van der Waals surface area contributed by atoms with Crippen molar-refractivity contribution in [2.75, 3.05) is 0 Å². The second-order valence-electron chi connectivity index (χ2n) is 3.88. The zero-order valence-corrected chi connectivity index (χ0v) is 11.8. The van der Waals surface area contributed by atoms with Crippen LogP contribution in [0, 0.1) is 0 Å². The Labute approximate surface area is 124 Å². The van der Waals surface area contributed by atoms with Crippen LogP contribution in [0.4, 0.5) is 13.2 Å². The summed E-state index contributed by atoms with van der Waals surface area (Å²) in [7, 11) is 0. The molecule has 0 atom stereocenters. The van der Waals surface area contributed by atoms with Gasteiger partial charge in [-0.2, -0.15) is 13.2 Å². The zero-order valence-electron chi connectivity index (χ0n) is 9.45. The van der Waals surface area contributed by atoms with E-state index >= 15 is 0 Å². The first-order chi connectivity index (χ1) is 9.34. The van der Waals surface area contributed by atoms with E-state index in [1.165, 1.54) is 6.20 Å². The number of hydrogen-bond donors (Lipinski definition) is 0. The van der Waals surface area contributed by atoms with Crippen molar-refractivity contribution in [2.45, 2.75) is 6.18 Å². The molecule has 3 aromatic rings. The number of nitrogens with zero attached hydrogens (tertiary/aromatic N) is 3. The van der Waals surface area contributed by atoms with Crippen molar-refractivity contribution in [2.24, 2.45) is 0 Å². The Bertz CT molecular complexity index is 762. The molecule has 0 saturated heterocycles. The number of benzene rings is 1. The molecule has 0 N–H and O–H groups in total. The molecule has 0 aliphatic heterocycles. The summed E-state index contributed by atoms with van der Waals surface area (Å²) in [5.74, 6) is 0. The standard InChI is InChI=1S/C11H4Cl2F3N3S/c12-5-1-2-6(7(13)3-5)8-4-19-10(17-8)20-9(18-19)11(14,15)16/h1-4H. The largest absolute Gasteiger partial charge is 0.445 e. The van der Waals surface area contributed by atoms with Crippen molar-refractivity contribution in [1.82, 2.24) is 14.6 Å². The minimum Gasteiger partial charge on any atom is -0.217 e. The maximum Gasteiger partial charge on any atom is 0.445 e. The molecule has 0 spiro atoms. The molecule has 0 saturated carbocycles. The quantitative estimate of drug-likeness (QED) is 0.639. The van der Waals surface area contributed by atoms with Gasteiger partial charge in [0.25, 0.3) is 0 Å². The first kappa shape index (κ1) is 13.7. The monoisotopic (exact) mass is 337 g/mol. The van der Waals surface area contributed by atoms with E-state index in [0.29, 0.717) is 32.6 Å². The van der Waals surface area contributed by atoms with E-state index in [0.717, 1.165) is 4.52 Å². The van der Waals surface area contributed by atoms with Gasteiger partial charge in [-0.3, -0.25) is 0 Å². The summed E-state index contributed by atoms with van der Waals surface area (Å²) < 4.78 is 38.6. The van der Waals surface area contributed by atoms with Crippen LogP contribution >= 0.6 is 34.5 Å². The van der Waals surface area contributed by atoms with Gasteiger partial charge in [-0.15, -0.1) is 5.10 Å². The van der Waals surface area contributed by atoms with E-state index in [2.05, 4.69) is 10.1 Å². The lowest BCUT2D eigenvalue weighted by atomic mass is 10.2. The zero-order chi connectivity index (χ0) is 14.5. The summed E-state index contributed by atoms with van der Waals surface area (Å²) in [4.78, 5) is 4.25. The second-order valence-corrected chi connectivity index (χ2v) is 5.68. The van der Waals surface area contributed by atoms with Crippen molar-refractivity contribution in [3.05, 3.63) is 39.4 Å². The van der Waals surface area contributed by atoms with Crippen LogP contribution in [0.5, 0.6) is 0 Å². The molecular weight excluding hydrogens is 334 g/mol. The van der Waals surface area contributed by atoms with Crippen molar-refractivity contribution in [3.8, 4) is 11.3 Å². The van der Waals surface area contributed by atoms with Gasteiger partial charge in [0.05, 0.1) is 16.9 Å². The van der Waals surface area contributed by atoms with Crippen LogP contribution in [-0.2, 0) is 6.18 Å². The van der Waals surface area contributed by atoms with E-state index in [-0.39, 0.29) is 4.96 Å². The number of imidazole rings is 1. The molecule has 9 heteroatoms. The third-order valence-corrected chi connectivity index (χ3v) is 4.01. The smallest absolute Gasteiger partial charge is 0.217 e. The molecule has 0 fully saturated rings. The molecule has 0 amide bonds. The number of aromatic nitrogens is 3. The van der Waals surface area contributed by atoms with Crippen LogP contribution in [0.2, 0.25) is 10.0 Å². The van der Waals surface area contributed by atoms with E-state index in [1.807, 2.05) is 0 Å². The average Bonchev–Trinajstić information content (AvgIpc) is 2.85. The van der Waals surface area contributed by atoms with E-state index < -0.39 is 11.2 Å². The fourth-order valence-electron chi connectivity index (χ4n) is 1.64. The van der Waals surface area contributed by atoms with Gasteiger partial charge in [0.2, 0.25) is 9.97 Å². The average molecular weight is 338 g/mol. The highest BCUT2D eigenvalue weighted by molar-refractivity contribution is 7.16. The van der Waals surface area contributed by atoms with Gasteiger partial charge >= 0.3 is 6.18 Å². The summed E-state index contributed by atoms with van der Waals surface area (Å²) in [5, 5.41) is 3.36. The summed E-state index contributed by atoms with van der Waals surface area (Å²) in [5.41, 5.74) is 1.03. The maximum absolute atomic E-state index is 12.5. The van der Waals surface area contributed by atoms with Crippen LogP contribution in [-0.4, -0.2) is 14.6 Å². The Hall–Kier alpha value is -1.31. The number of hydrogen-bond acceptors (Lipinski definition) is 3. The number of alkyl halides is 3. The van der Waals surface area contributed by atoms with Gasteiger partial charge in [0.15, 0.2) is 0 Å². The third kappa shape index (κ3) is 2.36. The van der Waals surface area contributed by atoms with Gasteiger partial charge in [-0.1, -0.05) is 34.5 Å². The van der Waals surface area contributed by atoms with Crippen molar-refractivity contribution in [1.29, 1.82) is 0 Å². The number of fused-ring (bicyclic) bond motifs is 1. The van der Waals surface area contributed by atoms with Gasteiger partial charge in [-0.05, 0) is 18.2 Å². The molecular formula is C11H4Cl2F3N3S. The van der Waals surface area contributed by atoms with E-state index in [1.54, 1.807) is 18.2 Å². The van der Waals surface area contributed by atoms with Crippen molar-refractivity contribution in [3.63, 3.8) is 0 Å². The summed E-state index contributed by atoms with van der Waals surface area (Å²) in [6.07, 6.45) is -3.07. The lowest BCUT2D eigenvalue weighted by molar-refractivity contribution is -0.138. The molecule has 1 aromatic carbocycles. The lowest BCUT2D eigenvalue weighted by Gasteiger charge is -2.00. The predicted molar refractivity (Wildman–Crippen MR) is 71.3 cm³/mol. The minimum absolute atomic E-state index is 0.151. The van der Waals surface area contributed by atoms with E-state index in [9.17, 15) is 13.2 Å². The topological polar surface area (TPSA) is 30.2 Å². The number of rotatable bonds is 1. The highest BCUT2D eigenvalue weighted by Gasteiger charge is 2.36. The summed E-state index contributed by atoms with van der Waals surface area (Å²) in [6.45, 7) is 0. The lowest BCUT2D eigenvalue weighted by Crippen LogP contribution is -2.04. The van der Waals surface area contributed by atoms with Gasteiger partial charge in [0.1, 0.15) is 0 Å². The van der Waals surface area contributed by atoms with Crippen molar-refractivity contribution < 1.29 is 13.2 Å². The Morgan fingerprint density at radius 1 is 1.20 bits per heavy atom. The molecule has 3 rings (SSSR count). The van der Waals surface area contributed by atoms with Gasteiger partial charge < -0.3 is 0 Å². The first-order valence-electron chi connectivity index (χ1n) is 5.23. The second kappa shape index (κ2) is 4.61. The Kier molecular flexibility index (Phi) is 3.15. The van der Waals surface area contributed by atoms with Gasteiger partial charge in [-0.25, -0.2) is 9.50 Å². The van der Waals surface area contributed by atoms with Crippen LogP contribution < -0.4 is 0 Å². The maximum atomic E-state index is 12.5. The number of halogens is 5. The molecule has 0 unspecified atom stereocenters. The molecule has 0 bridgehead atoms. The fraction of sp³-hybridized carbons (Fsp3) is 0.0909. The first-order valence-corrected chi connectivity index (χ1v) is 6.80. The third-order valence-electron chi connectivity index (χ3n) is 2.49. The van der Waals surface area contributed by atoms with Crippen LogP contribution in [0.25, 0.3) is 16.2 Å². The molecule has 2 heterocycles. The van der Waals surface area contributed by atoms with Crippen LogP contribution in [0.15, 0.2) is 24.4 Å². The highest BCUT2D eigenvalue weighted by atomic mass is 35.5. The molecule has 104 valence electrons. The van der Waals surface area contributed by atoms with Crippen molar-refractivity contribution >= 4 is 39.5 Å². The molecule has 2 aromatic heterocycles. The minimum atomic E-state index is -4.47. The Morgan fingerprint density at radius 3 is 2.55 bits per heavy atom. The molecule has 20 heavy (non-hydrogen) atoms. The normalized spacial score (nSPS) is 12.2. The van der Waals surface area contributed by atoms with Crippen LogP contribution in [0.1, 0.15) is 5.01 Å². The highest BCUT2D eigenvalue weighted by Crippen LogP contribution is 2.35. The fourth-order valence-corrected chi connectivity index (χ4v) is 2.90. The molecule has 0 aliphatic carbocycles. The molecule has 0 radical (unpaired) electrons. The summed E-state index contributed by atoms with van der Waals surface area (Å²) >= 11 is 12.3.